The quantitative estimate of drug-likeness (QED) is 0.735. The van der Waals surface area contributed by atoms with Crippen LogP contribution in [0.5, 0.6) is 0 Å². The van der Waals surface area contributed by atoms with Crippen LogP contribution in [0.3, 0.4) is 0 Å². The van der Waals surface area contributed by atoms with Crippen LogP contribution in [0.2, 0.25) is 0 Å². The molecule has 0 radical (unpaired) electrons. The first-order chi connectivity index (χ1) is 9.29. The van der Waals surface area contributed by atoms with Crippen molar-refractivity contribution in [2.24, 2.45) is 0 Å². The Morgan fingerprint density at radius 3 is 2.89 bits per heavy atom. The van der Waals surface area contributed by atoms with Gasteiger partial charge in [0.2, 0.25) is 0 Å². The van der Waals surface area contributed by atoms with Gasteiger partial charge in [0.15, 0.2) is 0 Å². The minimum atomic E-state index is -0.161. The van der Waals surface area contributed by atoms with Crippen molar-refractivity contribution in [1.82, 2.24) is 20.3 Å². The Labute approximate surface area is 111 Å². The summed E-state index contributed by atoms with van der Waals surface area (Å²) in [5.74, 6) is 1.35. The molecule has 6 heteroatoms. The molecule has 0 atom stereocenters. The van der Waals surface area contributed by atoms with Gasteiger partial charge in [-0.1, -0.05) is 6.92 Å². The molecule has 19 heavy (non-hydrogen) atoms. The first-order valence-corrected chi connectivity index (χ1v) is 6.26. The summed E-state index contributed by atoms with van der Waals surface area (Å²) in [6.07, 6.45) is 5.97. The second kappa shape index (κ2) is 6.53. The van der Waals surface area contributed by atoms with Crippen molar-refractivity contribution in [3.63, 3.8) is 0 Å². The van der Waals surface area contributed by atoms with E-state index in [0.717, 1.165) is 24.6 Å². The van der Waals surface area contributed by atoms with Crippen LogP contribution in [0.15, 0.2) is 30.7 Å². The molecule has 0 fully saturated rings. The van der Waals surface area contributed by atoms with E-state index in [1.54, 1.807) is 30.7 Å². The Morgan fingerprint density at radius 2 is 2.26 bits per heavy atom. The molecule has 6 nitrogen and oxygen atoms in total. The lowest BCUT2D eigenvalue weighted by molar-refractivity contribution is 0.0949. The Morgan fingerprint density at radius 1 is 1.37 bits per heavy atom. The van der Waals surface area contributed by atoms with E-state index in [9.17, 15) is 4.79 Å². The highest BCUT2D eigenvalue weighted by Crippen LogP contribution is 2.05. The van der Waals surface area contributed by atoms with E-state index >= 15 is 0 Å². The molecule has 2 aromatic heterocycles. The molecule has 1 amide bonds. The normalized spacial score (nSPS) is 10.2. The number of anilines is 1. The van der Waals surface area contributed by atoms with Gasteiger partial charge in [-0.05, 0) is 18.6 Å². The molecule has 3 N–H and O–H groups in total. The van der Waals surface area contributed by atoms with Gasteiger partial charge in [-0.2, -0.15) is 0 Å². The number of nitrogens with one attached hydrogen (secondary N) is 3. The first kappa shape index (κ1) is 13.1. The number of hydrogen-bond acceptors (Lipinski definition) is 4. The van der Waals surface area contributed by atoms with E-state index in [4.69, 9.17) is 0 Å². The second-order valence-corrected chi connectivity index (χ2v) is 4.08. The Balaban J connectivity index is 1.88. The van der Waals surface area contributed by atoms with Crippen LogP contribution in [0, 0.1) is 0 Å². The summed E-state index contributed by atoms with van der Waals surface area (Å²) < 4.78 is 0. The number of rotatable bonds is 6. The molecule has 2 heterocycles. The van der Waals surface area contributed by atoms with E-state index in [2.05, 4.69) is 32.5 Å². The molecule has 0 saturated heterocycles. The van der Waals surface area contributed by atoms with Crippen LogP contribution >= 0.6 is 0 Å². The molecule has 0 aliphatic carbocycles. The molecule has 100 valence electrons. The molecule has 2 rings (SSSR count). The minimum Gasteiger partial charge on any atom is -0.370 e. The highest BCUT2D eigenvalue weighted by atomic mass is 16.1. The van der Waals surface area contributed by atoms with Crippen molar-refractivity contribution in [1.29, 1.82) is 0 Å². The Hall–Kier alpha value is -2.37. The number of H-pyrrole nitrogens is 1. The van der Waals surface area contributed by atoms with Gasteiger partial charge < -0.3 is 15.6 Å². The van der Waals surface area contributed by atoms with Gasteiger partial charge in [0.25, 0.3) is 5.91 Å². The lowest BCUT2D eigenvalue weighted by Crippen LogP contribution is -2.23. The number of carbonyl (C=O) groups excluding carboxylic acids is 1. The lowest BCUT2D eigenvalue weighted by atomic mass is 10.2. The number of aromatic amines is 1. The number of nitrogens with zero attached hydrogens (tertiary/aromatic N) is 2. The summed E-state index contributed by atoms with van der Waals surface area (Å²) in [5.41, 5.74) is 0.536. The molecule has 2 aromatic rings. The average Bonchev–Trinajstić information content (AvgIpc) is 2.96. The minimum absolute atomic E-state index is 0.161. The maximum Gasteiger partial charge on any atom is 0.253 e. The van der Waals surface area contributed by atoms with Crippen molar-refractivity contribution >= 4 is 11.7 Å². The van der Waals surface area contributed by atoms with E-state index in [-0.39, 0.29) is 5.91 Å². The third-order valence-electron chi connectivity index (χ3n) is 2.55. The summed E-state index contributed by atoms with van der Waals surface area (Å²) in [4.78, 5) is 23.0. The van der Waals surface area contributed by atoms with Crippen molar-refractivity contribution in [3.05, 3.63) is 42.1 Å². The van der Waals surface area contributed by atoms with E-state index in [0.29, 0.717) is 12.1 Å². The summed E-state index contributed by atoms with van der Waals surface area (Å²) >= 11 is 0. The molecule has 0 unspecified atom stereocenters. The zero-order chi connectivity index (χ0) is 13.5. The third kappa shape index (κ3) is 3.80. The van der Waals surface area contributed by atoms with Crippen molar-refractivity contribution in [2.45, 2.75) is 19.9 Å². The predicted molar refractivity (Wildman–Crippen MR) is 72.8 cm³/mol. The van der Waals surface area contributed by atoms with Crippen LogP contribution < -0.4 is 10.6 Å². The molecule has 0 aromatic carbocycles. The van der Waals surface area contributed by atoms with Gasteiger partial charge in [0, 0.05) is 25.1 Å². The maximum atomic E-state index is 11.9. The molecular formula is C13H17N5O. The number of imidazole rings is 1. The van der Waals surface area contributed by atoms with Crippen LogP contribution in [0.4, 0.5) is 5.82 Å². The Kier molecular flexibility index (Phi) is 4.49. The molecule has 0 aliphatic heterocycles. The fourth-order valence-corrected chi connectivity index (χ4v) is 1.55. The maximum absolute atomic E-state index is 11.9. The molecule has 0 spiro atoms. The van der Waals surface area contributed by atoms with Crippen molar-refractivity contribution < 1.29 is 4.79 Å². The number of aromatic nitrogens is 3. The fraction of sp³-hybridized carbons (Fsp3) is 0.308. The topological polar surface area (TPSA) is 82.7 Å². The largest absolute Gasteiger partial charge is 0.370 e. The van der Waals surface area contributed by atoms with Gasteiger partial charge >= 0.3 is 0 Å². The zero-order valence-corrected chi connectivity index (χ0v) is 10.8. The SMILES string of the molecule is CCCNc1ccc(C(=O)NCc2ncc[nH]2)cn1. The predicted octanol–water partition coefficient (Wildman–Crippen LogP) is 1.56. The number of pyridine rings is 1. The number of hydrogen-bond donors (Lipinski definition) is 3. The molecular weight excluding hydrogens is 242 g/mol. The summed E-state index contributed by atoms with van der Waals surface area (Å²) in [5, 5.41) is 5.93. The molecule has 0 aliphatic rings. The molecule has 0 saturated carbocycles. The summed E-state index contributed by atoms with van der Waals surface area (Å²) in [7, 11) is 0. The van der Waals surface area contributed by atoms with Gasteiger partial charge in [0.05, 0.1) is 12.1 Å². The van der Waals surface area contributed by atoms with E-state index < -0.39 is 0 Å². The average molecular weight is 259 g/mol. The van der Waals surface area contributed by atoms with Crippen molar-refractivity contribution in [2.75, 3.05) is 11.9 Å². The summed E-state index contributed by atoms with van der Waals surface area (Å²) in [6.45, 7) is 3.34. The number of carbonyl (C=O) groups is 1. The highest BCUT2D eigenvalue weighted by molar-refractivity contribution is 5.93. The molecule has 0 bridgehead atoms. The Bertz CT molecular complexity index is 506. The van der Waals surface area contributed by atoms with E-state index in [1.165, 1.54) is 0 Å². The fourth-order valence-electron chi connectivity index (χ4n) is 1.55. The van der Waals surface area contributed by atoms with Gasteiger partial charge in [-0.25, -0.2) is 9.97 Å². The lowest BCUT2D eigenvalue weighted by Gasteiger charge is -2.05. The zero-order valence-electron chi connectivity index (χ0n) is 10.8. The van der Waals surface area contributed by atoms with Crippen molar-refractivity contribution in [3.8, 4) is 0 Å². The van der Waals surface area contributed by atoms with E-state index in [1.807, 2.05) is 0 Å². The van der Waals surface area contributed by atoms with Gasteiger partial charge in [0.1, 0.15) is 11.6 Å². The summed E-state index contributed by atoms with van der Waals surface area (Å²) in [6, 6.07) is 3.56. The third-order valence-corrected chi connectivity index (χ3v) is 2.55. The van der Waals surface area contributed by atoms with Gasteiger partial charge in [-0.15, -0.1) is 0 Å². The first-order valence-electron chi connectivity index (χ1n) is 6.26. The highest BCUT2D eigenvalue weighted by Gasteiger charge is 2.06. The van der Waals surface area contributed by atoms with Crippen LogP contribution in [0.25, 0.3) is 0 Å². The van der Waals surface area contributed by atoms with Crippen LogP contribution in [0.1, 0.15) is 29.5 Å². The van der Waals surface area contributed by atoms with Crippen LogP contribution in [-0.2, 0) is 6.54 Å². The monoisotopic (exact) mass is 259 g/mol. The standard InChI is InChI=1S/C13H17N5O/c1-2-5-14-11-4-3-10(8-17-11)13(19)18-9-12-15-6-7-16-12/h3-4,6-8H,2,5,9H2,1H3,(H,14,17)(H,15,16)(H,18,19). The number of amides is 1. The second-order valence-electron chi connectivity index (χ2n) is 4.08. The smallest absolute Gasteiger partial charge is 0.253 e. The van der Waals surface area contributed by atoms with Gasteiger partial charge in [-0.3, -0.25) is 4.79 Å². The van der Waals surface area contributed by atoms with Crippen LogP contribution in [-0.4, -0.2) is 27.4 Å².